The number of ether oxygens (including phenoxy) is 4. The first kappa shape index (κ1) is 43.9. The Bertz CT molecular complexity index is 1790. The largest absolute Gasteiger partial charge is 0.491 e. The minimum Gasteiger partial charge on any atom is -0.467 e. The van der Waals surface area contributed by atoms with Crippen molar-refractivity contribution in [3.63, 3.8) is 0 Å². The average Bonchev–Trinajstić information content (AvgIpc) is 3.55. The minimum atomic E-state index is -1.53. The Hall–Kier alpha value is -5.84. The van der Waals surface area contributed by atoms with Gasteiger partial charge in [-0.3, -0.25) is 14.9 Å². The van der Waals surface area contributed by atoms with Gasteiger partial charge in [-0.25, -0.2) is 44.0 Å². The number of aromatic nitrogens is 4. The Morgan fingerprint density at radius 1 is 0.702 bits per heavy atom. The number of imide groups is 2. The quantitative estimate of drug-likeness (QED) is 0.202. The molecule has 0 aromatic carbocycles. The van der Waals surface area contributed by atoms with Crippen LogP contribution in [0, 0.1) is 0 Å². The SMILES string of the molecule is CC(C)(C)OC(=O)N1CCC2(CC1)NC(=O)NC2=O.COc1ncc(B(O)O)cn1.COc1ncc(N2C(=O)NC3(CCN(C(=O)OC(C)(C)C)CC3)C2=O)cn1. The highest BCUT2D eigenvalue weighted by Crippen LogP contribution is 2.33. The highest BCUT2D eigenvalue weighted by Gasteiger charge is 2.54. The van der Waals surface area contributed by atoms with E-state index < -0.39 is 47.6 Å². The van der Waals surface area contributed by atoms with E-state index in [-0.39, 0.29) is 41.1 Å². The van der Waals surface area contributed by atoms with Crippen molar-refractivity contribution in [2.24, 2.45) is 0 Å². The number of hydrogen-bond donors (Lipinski definition) is 5. The fourth-order valence-electron chi connectivity index (χ4n) is 5.96. The molecule has 6 rings (SSSR count). The molecule has 22 nitrogen and oxygen atoms in total. The lowest BCUT2D eigenvalue weighted by Crippen LogP contribution is -2.56. The summed E-state index contributed by atoms with van der Waals surface area (Å²) in [4.78, 5) is 91.7. The van der Waals surface area contributed by atoms with E-state index in [1.54, 1.807) is 51.3 Å². The van der Waals surface area contributed by atoms with Crippen LogP contribution >= 0.6 is 0 Å². The van der Waals surface area contributed by atoms with Gasteiger partial charge in [-0.05, 0) is 67.2 Å². The predicted molar refractivity (Wildman–Crippen MR) is 199 cm³/mol. The molecule has 4 saturated heterocycles. The van der Waals surface area contributed by atoms with E-state index in [0.29, 0.717) is 51.9 Å². The number of rotatable bonds is 4. The van der Waals surface area contributed by atoms with E-state index in [0.717, 1.165) is 4.90 Å². The van der Waals surface area contributed by atoms with E-state index in [4.69, 9.17) is 24.3 Å². The molecular formula is C34H49BN10O12. The van der Waals surface area contributed by atoms with Crippen LogP contribution in [0.4, 0.5) is 24.9 Å². The molecule has 5 N–H and O–H groups in total. The smallest absolute Gasteiger partial charge is 0.467 e. The number of nitrogens with one attached hydrogen (secondary N) is 3. The van der Waals surface area contributed by atoms with E-state index in [9.17, 15) is 28.8 Å². The molecule has 6 heterocycles. The number of methoxy groups -OCH3 is 2. The molecule has 0 bridgehead atoms. The van der Waals surface area contributed by atoms with Crippen molar-refractivity contribution in [2.75, 3.05) is 45.3 Å². The van der Waals surface area contributed by atoms with Gasteiger partial charge in [-0.15, -0.1) is 0 Å². The van der Waals surface area contributed by atoms with Crippen LogP contribution in [0.25, 0.3) is 0 Å². The molecule has 4 aliphatic rings. The van der Waals surface area contributed by atoms with Gasteiger partial charge in [0.25, 0.3) is 11.8 Å². The van der Waals surface area contributed by atoms with Crippen molar-refractivity contribution >= 4 is 54.3 Å². The van der Waals surface area contributed by atoms with Crippen molar-refractivity contribution in [3.05, 3.63) is 24.8 Å². The fraction of sp³-hybridized carbons (Fsp3) is 0.588. The van der Waals surface area contributed by atoms with Gasteiger partial charge in [-0.1, -0.05) is 0 Å². The minimum absolute atomic E-state index is 0.145. The zero-order valence-corrected chi connectivity index (χ0v) is 33.2. The molecule has 0 aliphatic carbocycles. The first-order chi connectivity index (χ1) is 26.6. The third-order valence-corrected chi connectivity index (χ3v) is 8.90. The Morgan fingerprint density at radius 3 is 1.49 bits per heavy atom. The van der Waals surface area contributed by atoms with Gasteiger partial charge in [0, 0.05) is 44.0 Å². The maximum Gasteiger partial charge on any atom is 0.491 e. The van der Waals surface area contributed by atoms with Gasteiger partial charge in [0.05, 0.1) is 32.3 Å². The molecule has 0 atom stereocenters. The molecule has 0 radical (unpaired) electrons. The van der Waals surface area contributed by atoms with Crippen LogP contribution in [0.5, 0.6) is 12.0 Å². The Labute approximate surface area is 329 Å². The molecule has 57 heavy (non-hydrogen) atoms. The van der Waals surface area contributed by atoms with Gasteiger partial charge in [0.1, 0.15) is 22.3 Å². The van der Waals surface area contributed by atoms with E-state index in [1.165, 1.54) is 39.0 Å². The number of anilines is 1. The summed E-state index contributed by atoms with van der Waals surface area (Å²) < 4.78 is 20.2. The number of carbonyl (C=O) groups excluding carboxylic acids is 6. The fourth-order valence-corrected chi connectivity index (χ4v) is 5.96. The van der Waals surface area contributed by atoms with Gasteiger partial charge in [-0.2, -0.15) is 0 Å². The van der Waals surface area contributed by atoms with Crippen molar-refractivity contribution in [3.8, 4) is 12.0 Å². The van der Waals surface area contributed by atoms with Crippen molar-refractivity contribution in [2.45, 2.75) is 89.5 Å². The molecule has 2 aromatic heterocycles. The first-order valence-corrected chi connectivity index (χ1v) is 18.0. The third-order valence-electron chi connectivity index (χ3n) is 8.90. The molecule has 8 amide bonds. The second-order valence-electron chi connectivity index (χ2n) is 15.4. The Morgan fingerprint density at radius 2 is 1.12 bits per heavy atom. The summed E-state index contributed by atoms with van der Waals surface area (Å²) in [6.07, 6.45) is 5.92. The summed E-state index contributed by atoms with van der Waals surface area (Å²) in [5.74, 6) is -0.675. The molecule has 4 aliphatic heterocycles. The Kier molecular flexibility index (Phi) is 13.5. The van der Waals surface area contributed by atoms with Crippen LogP contribution in [-0.4, -0.2) is 146 Å². The summed E-state index contributed by atoms with van der Waals surface area (Å²) in [5, 5.41) is 24.9. The zero-order valence-electron chi connectivity index (χ0n) is 33.2. The summed E-state index contributed by atoms with van der Waals surface area (Å²) in [5.41, 5.74) is -2.50. The predicted octanol–water partition coefficient (Wildman–Crippen LogP) is 0.0716. The van der Waals surface area contributed by atoms with Crippen molar-refractivity contribution in [1.29, 1.82) is 0 Å². The van der Waals surface area contributed by atoms with Gasteiger partial charge < -0.3 is 49.4 Å². The van der Waals surface area contributed by atoms with Gasteiger partial charge >= 0.3 is 43.4 Å². The van der Waals surface area contributed by atoms with Crippen LogP contribution in [0.2, 0.25) is 0 Å². The normalized spacial score (nSPS) is 18.3. The number of likely N-dealkylation sites (tertiary alicyclic amines) is 2. The number of urea groups is 2. The van der Waals surface area contributed by atoms with Gasteiger partial charge in [0.15, 0.2) is 0 Å². The molecule has 4 fully saturated rings. The standard InChI is InChI=1S/C17H23N5O5.C12H19N3O4.C5H7BN2O3/c1-16(2,3)27-15(25)21-7-5-17(6-8-21)12(23)22(14(24)20-17)11-9-18-13(26-4)19-10-11;1-11(2,3)19-10(18)15-6-4-12(5-7-15)8(16)13-9(17)14-12;1-11-5-7-2-4(3-8-5)6(9)10/h9-10H,5-8H2,1-4H3,(H,20,24);4-7H2,1-3H3,(H2,13,14,16,17);2-3,9-10H,1H3. The number of hydrogen-bond acceptors (Lipinski definition) is 16. The molecular weight excluding hydrogens is 751 g/mol. The molecule has 310 valence electrons. The van der Waals surface area contributed by atoms with E-state index in [2.05, 4.69) is 40.6 Å². The van der Waals surface area contributed by atoms with Crippen molar-refractivity contribution in [1.82, 2.24) is 45.7 Å². The highest BCUT2D eigenvalue weighted by atomic mass is 16.6. The van der Waals surface area contributed by atoms with E-state index in [1.807, 2.05) is 0 Å². The molecule has 23 heteroatoms. The second-order valence-corrected chi connectivity index (χ2v) is 15.4. The second kappa shape index (κ2) is 17.5. The number of amides is 8. The summed E-state index contributed by atoms with van der Waals surface area (Å²) >= 11 is 0. The number of carbonyl (C=O) groups is 6. The summed E-state index contributed by atoms with van der Waals surface area (Å²) in [6.45, 7) is 12.2. The van der Waals surface area contributed by atoms with Crippen LogP contribution in [0.15, 0.2) is 24.8 Å². The molecule has 0 unspecified atom stereocenters. The van der Waals surface area contributed by atoms with Crippen LogP contribution in [-0.2, 0) is 19.1 Å². The monoisotopic (exact) mass is 800 g/mol. The lowest BCUT2D eigenvalue weighted by Gasteiger charge is -2.37. The Balaban J connectivity index is 0.000000208. The molecule has 0 saturated carbocycles. The average molecular weight is 801 g/mol. The maximum absolute atomic E-state index is 13.0. The first-order valence-electron chi connectivity index (χ1n) is 18.0. The van der Waals surface area contributed by atoms with Crippen LogP contribution < -0.4 is 35.8 Å². The van der Waals surface area contributed by atoms with Crippen LogP contribution in [0.3, 0.4) is 0 Å². The number of piperidine rings is 2. The zero-order chi connectivity index (χ0) is 42.3. The maximum atomic E-state index is 13.0. The highest BCUT2D eigenvalue weighted by molar-refractivity contribution is 6.58. The van der Waals surface area contributed by atoms with E-state index >= 15 is 0 Å². The van der Waals surface area contributed by atoms with Gasteiger partial charge in [0.2, 0.25) is 0 Å². The van der Waals surface area contributed by atoms with Crippen molar-refractivity contribution < 1.29 is 57.8 Å². The lowest BCUT2D eigenvalue weighted by atomic mass is 9.83. The summed E-state index contributed by atoms with van der Waals surface area (Å²) in [7, 11) is 1.33. The molecule has 2 spiro atoms. The number of nitrogens with zero attached hydrogens (tertiary/aromatic N) is 7. The molecule has 2 aromatic rings. The lowest BCUT2D eigenvalue weighted by molar-refractivity contribution is -0.125. The summed E-state index contributed by atoms with van der Waals surface area (Å²) in [6, 6.07) is -0.643. The third kappa shape index (κ3) is 11.1. The van der Waals surface area contributed by atoms with Crippen LogP contribution in [0.1, 0.15) is 67.2 Å². The topological polar surface area (TPSA) is 277 Å².